The van der Waals surface area contributed by atoms with E-state index < -0.39 is 39.7 Å². The molecule has 0 aliphatic heterocycles. The van der Waals surface area contributed by atoms with Crippen LogP contribution in [0, 0.1) is 10.1 Å². The van der Waals surface area contributed by atoms with E-state index in [1.165, 1.54) is 0 Å². The summed E-state index contributed by atoms with van der Waals surface area (Å²) in [6.07, 6.45) is -3.02. The predicted molar refractivity (Wildman–Crippen MR) is 49.7 cm³/mol. The third kappa shape index (κ3) is 2.13. The maximum atomic E-state index is 12.5. The molecule has 0 fully saturated rings. The molecule has 0 saturated heterocycles. The number of Topliss-reactive ketones (excluding diaryl/α,β-unsaturated/α-hetero) is 1. The molecule has 0 unspecified atom stereocenters. The Bertz CT molecular complexity index is 459. The van der Waals surface area contributed by atoms with Gasteiger partial charge in [-0.15, -0.1) is 0 Å². The Balaban J connectivity index is 3.49. The van der Waals surface area contributed by atoms with Gasteiger partial charge in [-0.25, -0.2) is 8.78 Å². The molecule has 0 atom stereocenters. The van der Waals surface area contributed by atoms with Crippen molar-refractivity contribution in [1.82, 2.24) is 0 Å². The number of carbonyl (C=O) groups excluding carboxylic acids is 1. The number of benzene rings is 1. The lowest BCUT2D eigenvalue weighted by Gasteiger charge is -2.06. The van der Waals surface area contributed by atoms with Crippen molar-refractivity contribution < 1.29 is 23.6 Å². The smallest absolute Gasteiger partial charge is 0.311 e. The van der Waals surface area contributed by atoms with Gasteiger partial charge in [-0.3, -0.25) is 14.9 Å². The number of alkyl halides is 2. The summed E-state index contributed by atoms with van der Waals surface area (Å²) in [5.74, 6) is -1.50. The molecule has 7 heteroatoms. The van der Waals surface area contributed by atoms with Crippen molar-refractivity contribution in [3.63, 3.8) is 0 Å². The lowest BCUT2D eigenvalue weighted by atomic mass is 10.0. The van der Waals surface area contributed by atoms with Crippen molar-refractivity contribution in [3.8, 4) is 5.75 Å². The Kier molecular flexibility index (Phi) is 3.17. The number of hydrogen-bond acceptors (Lipinski definition) is 4. The summed E-state index contributed by atoms with van der Waals surface area (Å²) in [6, 6.07) is 1.19. The molecule has 0 heterocycles. The molecule has 0 spiro atoms. The minimum Gasteiger partial charge on any atom is -0.502 e. The first-order chi connectivity index (χ1) is 7.34. The molecule has 1 aromatic rings. The van der Waals surface area contributed by atoms with E-state index in [2.05, 4.69) is 0 Å². The number of halogens is 2. The zero-order chi connectivity index (χ0) is 12.5. The van der Waals surface area contributed by atoms with Crippen LogP contribution < -0.4 is 0 Å². The summed E-state index contributed by atoms with van der Waals surface area (Å²) in [4.78, 5) is 20.4. The lowest BCUT2D eigenvalue weighted by Crippen LogP contribution is -2.02. The van der Waals surface area contributed by atoms with E-state index in [0.29, 0.717) is 12.1 Å². The number of rotatable bonds is 3. The van der Waals surface area contributed by atoms with Crippen molar-refractivity contribution in [2.24, 2.45) is 0 Å². The van der Waals surface area contributed by atoms with Gasteiger partial charge in [-0.2, -0.15) is 0 Å². The third-order valence-electron chi connectivity index (χ3n) is 1.96. The van der Waals surface area contributed by atoms with Crippen LogP contribution in [0.25, 0.3) is 0 Å². The maximum Gasteiger partial charge on any atom is 0.311 e. The zero-order valence-corrected chi connectivity index (χ0v) is 8.11. The van der Waals surface area contributed by atoms with Gasteiger partial charge in [0.25, 0.3) is 6.43 Å². The summed E-state index contributed by atoms with van der Waals surface area (Å²) in [6.45, 7) is 1.03. The van der Waals surface area contributed by atoms with Crippen LogP contribution >= 0.6 is 0 Å². The average molecular weight is 231 g/mol. The van der Waals surface area contributed by atoms with Gasteiger partial charge in [0.2, 0.25) is 0 Å². The molecule has 0 aliphatic rings. The van der Waals surface area contributed by atoms with Crippen molar-refractivity contribution >= 4 is 11.5 Å². The van der Waals surface area contributed by atoms with E-state index in [0.717, 1.165) is 6.92 Å². The van der Waals surface area contributed by atoms with Crippen molar-refractivity contribution in [2.45, 2.75) is 13.3 Å². The molecule has 0 amide bonds. The van der Waals surface area contributed by atoms with E-state index in [4.69, 9.17) is 0 Å². The van der Waals surface area contributed by atoms with E-state index >= 15 is 0 Å². The summed E-state index contributed by atoms with van der Waals surface area (Å²) in [5, 5.41) is 19.6. The predicted octanol–water partition coefficient (Wildman–Crippen LogP) is 2.44. The van der Waals surface area contributed by atoms with Crippen LogP contribution in [0.3, 0.4) is 0 Å². The van der Waals surface area contributed by atoms with Crippen LogP contribution in [0.1, 0.15) is 29.3 Å². The first-order valence-electron chi connectivity index (χ1n) is 4.15. The molecule has 0 aromatic heterocycles. The van der Waals surface area contributed by atoms with Crippen LogP contribution in [0.15, 0.2) is 12.1 Å². The number of nitro groups is 1. The van der Waals surface area contributed by atoms with Crippen molar-refractivity contribution in [1.29, 1.82) is 0 Å². The Labute approximate surface area is 88.5 Å². The monoisotopic (exact) mass is 231 g/mol. The highest BCUT2D eigenvalue weighted by atomic mass is 19.3. The number of aromatic hydroxyl groups is 1. The molecule has 0 bridgehead atoms. The quantitative estimate of drug-likeness (QED) is 0.492. The summed E-state index contributed by atoms with van der Waals surface area (Å²) < 4.78 is 25.0. The van der Waals surface area contributed by atoms with Crippen molar-refractivity contribution in [2.75, 3.05) is 0 Å². The summed E-state index contributed by atoms with van der Waals surface area (Å²) in [7, 11) is 0. The zero-order valence-electron chi connectivity index (χ0n) is 8.11. The molecule has 0 aliphatic carbocycles. The number of nitro benzene ring substituents is 1. The second-order valence-electron chi connectivity index (χ2n) is 3.04. The molecule has 5 nitrogen and oxygen atoms in total. The minimum absolute atomic E-state index is 0.418. The summed E-state index contributed by atoms with van der Waals surface area (Å²) in [5.41, 5.74) is -2.02. The van der Waals surface area contributed by atoms with Crippen LogP contribution in [0.2, 0.25) is 0 Å². The third-order valence-corrected chi connectivity index (χ3v) is 1.96. The van der Waals surface area contributed by atoms with Crippen LogP contribution in [-0.2, 0) is 0 Å². The standard InChI is InChI=1S/C9H7F2NO4/c1-4(13)5-3-8(14)7(12(15)16)2-6(5)9(10)11/h2-3,9,14H,1H3. The van der Waals surface area contributed by atoms with Gasteiger partial charge in [0, 0.05) is 17.2 Å². The number of nitrogens with zero attached hydrogens (tertiary/aromatic N) is 1. The second-order valence-corrected chi connectivity index (χ2v) is 3.04. The second kappa shape index (κ2) is 4.21. The average Bonchev–Trinajstić information content (AvgIpc) is 2.15. The fourth-order valence-electron chi connectivity index (χ4n) is 1.22. The maximum absolute atomic E-state index is 12.5. The van der Waals surface area contributed by atoms with Crippen LogP contribution in [-0.4, -0.2) is 15.8 Å². The van der Waals surface area contributed by atoms with Gasteiger partial charge in [0.05, 0.1) is 4.92 Å². The highest BCUT2D eigenvalue weighted by molar-refractivity contribution is 5.96. The highest BCUT2D eigenvalue weighted by Crippen LogP contribution is 2.34. The molecule has 86 valence electrons. The number of carbonyl (C=O) groups is 1. The SMILES string of the molecule is CC(=O)c1cc(O)c([N+](=O)[O-])cc1C(F)F. The van der Waals surface area contributed by atoms with Gasteiger partial charge in [0.15, 0.2) is 11.5 Å². The molecular formula is C9H7F2NO4. The largest absolute Gasteiger partial charge is 0.502 e. The van der Waals surface area contributed by atoms with Crippen molar-refractivity contribution in [3.05, 3.63) is 33.4 Å². The number of hydrogen-bond donors (Lipinski definition) is 1. The van der Waals surface area contributed by atoms with Crippen LogP contribution in [0.5, 0.6) is 5.75 Å². The van der Waals surface area contributed by atoms with E-state index in [1.54, 1.807) is 0 Å². The molecule has 1 rings (SSSR count). The highest BCUT2D eigenvalue weighted by Gasteiger charge is 2.24. The van der Waals surface area contributed by atoms with E-state index in [1.807, 2.05) is 0 Å². The fraction of sp³-hybridized carbons (Fsp3) is 0.222. The number of phenols is 1. The van der Waals surface area contributed by atoms with Crippen LogP contribution in [0.4, 0.5) is 14.5 Å². The molecule has 0 saturated carbocycles. The van der Waals surface area contributed by atoms with Gasteiger partial charge >= 0.3 is 5.69 Å². The first-order valence-corrected chi connectivity index (χ1v) is 4.15. The Morgan fingerprint density at radius 2 is 2.06 bits per heavy atom. The first kappa shape index (κ1) is 12.0. The normalized spacial score (nSPS) is 10.5. The molecule has 16 heavy (non-hydrogen) atoms. The van der Waals surface area contributed by atoms with E-state index in [9.17, 15) is 28.8 Å². The molecule has 1 N–H and O–H groups in total. The van der Waals surface area contributed by atoms with E-state index in [-0.39, 0.29) is 0 Å². The van der Waals surface area contributed by atoms with Gasteiger partial charge < -0.3 is 5.11 Å². The lowest BCUT2D eigenvalue weighted by molar-refractivity contribution is -0.386. The van der Waals surface area contributed by atoms with Gasteiger partial charge in [-0.1, -0.05) is 0 Å². The molecular weight excluding hydrogens is 224 g/mol. The topological polar surface area (TPSA) is 80.4 Å². The Morgan fingerprint density at radius 1 is 1.50 bits per heavy atom. The van der Waals surface area contributed by atoms with Gasteiger partial charge in [0.1, 0.15) is 0 Å². The molecule has 0 radical (unpaired) electrons. The fourth-order valence-corrected chi connectivity index (χ4v) is 1.22. The Hall–Kier alpha value is -2.05. The number of phenolic OH excluding ortho intramolecular Hbond substituents is 1. The summed E-state index contributed by atoms with van der Waals surface area (Å²) >= 11 is 0. The minimum atomic E-state index is -3.02. The molecule has 1 aromatic carbocycles. The van der Waals surface area contributed by atoms with Gasteiger partial charge in [-0.05, 0) is 13.0 Å². The number of ketones is 1. The Morgan fingerprint density at radius 3 is 2.44 bits per heavy atom.